The maximum Gasteiger partial charge on any atom is 0.246 e. The number of anilines is 1. The number of carbonyl (C=O) groups is 2. The Balaban J connectivity index is 2.04. The molecular formula is C23H27ClN2O4. The van der Waals surface area contributed by atoms with Crippen molar-refractivity contribution in [1.29, 1.82) is 0 Å². The first-order valence-corrected chi connectivity index (χ1v) is 9.94. The zero-order valence-electron chi connectivity index (χ0n) is 17.9. The highest BCUT2D eigenvalue weighted by molar-refractivity contribution is 6.32. The Morgan fingerprint density at radius 3 is 2.47 bits per heavy atom. The Kier molecular flexibility index (Phi) is 8.30. The maximum atomic E-state index is 12.4. The number of carbonyl (C=O) groups excluding carboxylic acids is 2. The first kappa shape index (κ1) is 23.3. The second-order valence-corrected chi connectivity index (χ2v) is 7.22. The minimum absolute atomic E-state index is 0.0652. The summed E-state index contributed by atoms with van der Waals surface area (Å²) in [5.41, 5.74) is 3.40. The van der Waals surface area contributed by atoms with E-state index in [9.17, 15) is 9.59 Å². The lowest BCUT2D eigenvalue weighted by atomic mass is 10.1. The van der Waals surface area contributed by atoms with E-state index in [2.05, 4.69) is 5.32 Å². The van der Waals surface area contributed by atoms with Crippen molar-refractivity contribution < 1.29 is 19.1 Å². The van der Waals surface area contributed by atoms with Crippen LogP contribution >= 0.6 is 11.6 Å². The minimum Gasteiger partial charge on any atom is -0.493 e. The van der Waals surface area contributed by atoms with Crippen LogP contribution in [0, 0.1) is 13.8 Å². The van der Waals surface area contributed by atoms with E-state index in [0.29, 0.717) is 28.7 Å². The molecule has 160 valence electrons. The first-order chi connectivity index (χ1) is 14.3. The zero-order chi connectivity index (χ0) is 22.3. The normalized spacial score (nSPS) is 10.7. The summed E-state index contributed by atoms with van der Waals surface area (Å²) >= 11 is 6.25. The number of aryl methyl sites for hydroxylation is 2. The molecule has 30 heavy (non-hydrogen) atoms. The molecule has 2 aromatic carbocycles. The van der Waals surface area contributed by atoms with Crippen molar-refractivity contribution in [3.05, 3.63) is 58.1 Å². The lowest BCUT2D eigenvalue weighted by Gasteiger charge is -2.17. The molecule has 6 nitrogen and oxygen atoms in total. The van der Waals surface area contributed by atoms with Gasteiger partial charge in [-0.2, -0.15) is 0 Å². The van der Waals surface area contributed by atoms with Crippen molar-refractivity contribution in [2.24, 2.45) is 0 Å². The Labute approximate surface area is 182 Å². The standard InChI is InChI=1S/C23H27ClN2O4/c1-6-30-23-18(24)12-17(13-19(23)29-5)10-11-21(28)26(4)14-20(27)25-22-15(2)8-7-9-16(22)3/h7-13H,6,14H2,1-5H3,(H,25,27)/b11-10+. The molecule has 0 saturated carbocycles. The van der Waals surface area contributed by atoms with E-state index in [-0.39, 0.29) is 18.4 Å². The molecule has 0 fully saturated rings. The van der Waals surface area contributed by atoms with Crippen LogP contribution in [0.15, 0.2) is 36.4 Å². The average Bonchev–Trinajstić information content (AvgIpc) is 2.70. The lowest BCUT2D eigenvalue weighted by Crippen LogP contribution is -2.34. The van der Waals surface area contributed by atoms with Gasteiger partial charge in [-0.15, -0.1) is 0 Å². The van der Waals surface area contributed by atoms with E-state index in [4.69, 9.17) is 21.1 Å². The number of benzene rings is 2. The quantitative estimate of drug-likeness (QED) is 0.627. The monoisotopic (exact) mass is 430 g/mol. The van der Waals surface area contributed by atoms with E-state index < -0.39 is 0 Å². The number of halogens is 1. The minimum atomic E-state index is -0.310. The number of para-hydroxylation sites is 1. The van der Waals surface area contributed by atoms with Gasteiger partial charge in [0.25, 0.3) is 0 Å². The number of ether oxygens (including phenoxy) is 2. The largest absolute Gasteiger partial charge is 0.493 e. The highest BCUT2D eigenvalue weighted by atomic mass is 35.5. The molecule has 1 N–H and O–H groups in total. The van der Waals surface area contributed by atoms with Crippen molar-refractivity contribution in [2.45, 2.75) is 20.8 Å². The molecule has 0 heterocycles. The fourth-order valence-electron chi connectivity index (χ4n) is 2.90. The highest BCUT2D eigenvalue weighted by Crippen LogP contribution is 2.36. The molecule has 0 aromatic heterocycles. The fraction of sp³-hybridized carbons (Fsp3) is 0.304. The third kappa shape index (κ3) is 6.00. The number of hydrogen-bond acceptors (Lipinski definition) is 4. The van der Waals surface area contributed by atoms with Gasteiger partial charge in [0.1, 0.15) is 0 Å². The first-order valence-electron chi connectivity index (χ1n) is 9.56. The molecule has 0 aliphatic rings. The third-order valence-corrected chi connectivity index (χ3v) is 4.74. The van der Waals surface area contributed by atoms with Crippen molar-refractivity contribution in [2.75, 3.05) is 32.6 Å². The summed E-state index contributed by atoms with van der Waals surface area (Å²) in [6.07, 6.45) is 3.00. The van der Waals surface area contributed by atoms with Crippen LogP contribution in [-0.4, -0.2) is 44.0 Å². The summed E-state index contributed by atoms with van der Waals surface area (Å²) < 4.78 is 10.8. The molecule has 0 aliphatic carbocycles. The van der Waals surface area contributed by atoms with Crippen molar-refractivity contribution >= 4 is 35.2 Å². The van der Waals surface area contributed by atoms with Crippen LogP contribution in [0.25, 0.3) is 6.08 Å². The van der Waals surface area contributed by atoms with E-state index in [1.54, 1.807) is 25.3 Å². The summed E-state index contributed by atoms with van der Waals surface area (Å²) in [4.78, 5) is 26.1. The SMILES string of the molecule is CCOc1c(Cl)cc(/C=C/C(=O)N(C)CC(=O)Nc2c(C)cccc2C)cc1OC. The summed E-state index contributed by atoms with van der Waals surface area (Å²) in [5, 5.41) is 3.27. The van der Waals surface area contributed by atoms with Crippen molar-refractivity contribution in [3.8, 4) is 11.5 Å². The predicted octanol–water partition coefficient (Wildman–Crippen LogP) is 4.47. The second-order valence-electron chi connectivity index (χ2n) is 6.81. The molecule has 2 amide bonds. The molecule has 0 atom stereocenters. The number of rotatable bonds is 8. The number of nitrogens with one attached hydrogen (secondary N) is 1. The molecule has 7 heteroatoms. The van der Waals surface area contributed by atoms with Crippen molar-refractivity contribution in [3.63, 3.8) is 0 Å². The van der Waals surface area contributed by atoms with Crippen LogP contribution < -0.4 is 14.8 Å². The molecule has 0 aliphatic heterocycles. The van der Waals surface area contributed by atoms with Gasteiger partial charge in [0.15, 0.2) is 11.5 Å². The average molecular weight is 431 g/mol. The van der Waals surface area contributed by atoms with Gasteiger partial charge in [-0.1, -0.05) is 29.8 Å². The van der Waals surface area contributed by atoms with Gasteiger partial charge in [-0.25, -0.2) is 0 Å². The van der Waals surface area contributed by atoms with Gasteiger partial charge < -0.3 is 19.7 Å². The zero-order valence-corrected chi connectivity index (χ0v) is 18.7. The number of nitrogens with zero attached hydrogens (tertiary/aromatic N) is 1. The molecule has 0 unspecified atom stereocenters. The fourth-order valence-corrected chi connectivity index (χ4v) is 3.17. The smallest absolute Gasteiger partial charge is 0.246 e. The van der Waals surface area contributed by atoms with Crippen LogP contribution in [-0.2, 0) is 9.59 Å². The molecule has 0 spiro atoms. The van der Waals surface area contributed by atoms with Gasteiger partial charge in [0, 0.05) is 18.8 Å². The van der Waals surface area contributed by atoms with Gasteiger partial charge in [0.2, 0.25) is 11.8 Å². The third-order valence-electron chi connectivity index (χ3n) is 4.46. The molecule has 0 radical (unpaired) electrons. The van der Waals surface area contributed by atoms with Crippen LogP contribution in [0.1, 0.15) is 23.6 Å². The number of amides is 2. The molecule has 2 aromatic rings. The van der Waals surface area contributed by atoms with Gasteiger partial charge in [0.05, 0.1) is 25.3 Å². The van der Waals surface area contributed by atoms with E-state index in [1.807, 2.05) is 39.0 Å². The van der Waals surface area contributed by atoms with E-state index >= 15 is 0 Å². The summed E-state index contributed by atoms with van der Waals surface area (Å²) in [6, 6.07) is 9.21. The summed E-state index contributed by atoms with van der Waals surface area (Å²) in [6.45, 7) is 6.10. The van der Waals surface area contributed by atoms with Crippen LogP contribution in [0.3, 0.4) is 0 Å². The second kappa shape index (κ2) is 10.7. The van der Waals surface area contributed by atoms with Crippen LogP contribution in [0.5, 0.6) is 11.5 Å². The van der Waals surface area contributed by atoms with Crippen LogP contribution in [0.4, 0.5) is 5.69 Å². The Morgan fingerprint density at radius 2 is 1.87 bits per heavy atom. The number of likely N-dealkylation sites (N-methyl/N-ethyl adjacent to an activating group) is 1. The molecule has 0 bridgehead atoms. The van der Waals surface area contributed by atoms with Crippen molar-refractivity contribution in [1.82, 2.24) is 4.90 Å². The Hall–Kier alpha value is -2.99. The summed E-state index contributed by atoms with van der Waals surface area (Å²) in [5.74, 6) is 0.376. The number of methoxy groups -OCH3 is 1. The topological polar surface area (TPSA) is 67.9 Å². The molecule has 2 rings (SSSR count). The predicted molar refractivity (Wildman–Crippen MR) is 120 cm³/mol. The van der Waals surface area contributed by atoms with E-state index in [0.717, 1.165) is 16.8 Å². The van der Waals surface area contributed by atoms with Gasteiger partial charge in [-0.05, 0) is 55.7 Å². The molecule has 0 saturated heterocycles. The van der Waals surface area contributed by atoms with Gasteiger partial charge >= 0.3 is 0 Å². The maximum absolute atomic E-state index is 12.4. The van der Waals surface area contributed by atoms with Crippen LogP contribution in [0.2, 0.25) is 5.02 Å². The van der Waals surface area contributed by atoms with Gasteiger partial charge in [-0.3, -0.25) is 9.59 Å². The van der Waals surface area contributed by atoms with E-state index in [1.165, 1.54) is 18.1 Å². The Bertz CT molecular complexity index is 936. The Morgan fingerprint density at radius 1 is 1.20 bits per heavy atom. The lowest BCUT2D eigenvalue weighted by molar-refractivity contribution is -0.129. The summed E-state index contributed by atoms with van der Waals surface area (Å²) in [7, 11) is 3.10. The number of hydrogen-bond donors (Lipinski definition) is 1. The highest BCUT2D eigenvalue weighted by Gasteiger charge is 2.14. The molecular weight excluding hydrogens is 404 g/mol.